The van der Waals surface area contributed by atoms with Crippen LogP contribution in [-0.2, 0) is 4.79 Å². The molecule has 1 aromatic rings. The van der Waals surface area contributed by atoms with E-state index in [1.165, 1.54) is 0 Å². The van der Waals surface area contributed by atoms with Gasteiger partial charge in [0.05, 0.1) is 0 Å². The first-order chi connectivity index (χ1) is 9.36. The van der Waals surface area contributed by atoms with Crippen molar-refractivity contribution in [3.8, 4) is 0 Å². The fourth-order valence-electron chi connectivity index (χ4n) is 2.52. The second kappa shape index (κ2) is 7.62. The van der Waals surface area contributed by atoms with E-state index < -0.39 is 0 Å². The molecule has 0 radical (unpaired) electrons. The maximum Gasteiger partial charge on any atom is 0.223 e. The summed E-state index contributed by atoms with van der Waals surface area (Å²) < 4.78 is 0. The van der Waals surface area contributed by atoms with Gasteiger partial charge < -0.3 is 11.1 Å². The Balaban J connectivity index is 2.88. The van der Waals surface area contributed by atoms with Gasteiger partial charge in [0.2, 0.25) is 5.91 Å². The zero-order chi connectivity index (χ0) is 15.3. The van der Waals surface area contributed by atoms with Crippen LogP contribution < -0.4 is 11.1 Å². The first kappa shape index (κ1) is 17.0. The Morgan fingerprint density at radius 3 is 2.60 bits per heavy atom. The van der Waals surface area contributed by atoms with E-state index in [-0.39, 0.29) is 23.9 Å². The molecule has 0 heterocycles. The van der Waals surface area contributed by atoms with Crippen molar-refractivity contribution < 1.29 is 4.79 Å². The molecular formula is C15H24ClN3O. The highest BCUT2D eigenvalue weighted by atomic mass is 35.5. The molecular weight excluding hydrogens is 274 g/mol. The zero-order valence-electron chi connectivity index (χ0n) is 12.6. The van der Waals surface area contributed by atoms with E-state index in [1.807, 2.05) is 45.2 Å². The molecule has 0 aromatic heterocycles. The van der Waals surface area contributed by atoms with E-state index in [1.54, 1.807) is 7.05 Å². The van der Waals surface area contributed by atoms with Gasteiger partial charge in [-0.2, -0.15) is 0 Å². The van der Waals surface area contributed by atoms with Crippen LogP contribution in [0.2, 0.25) is 5.02 Å². The fourth-order valence-corrected chi connectivity index (χ4v) is 2.72. The van der Waals surface area contributed by atoms with Gasteiger partial charge in [0.15, 0.2) is 0 Å². The second-order valence-electron chi connectivity index (χ2n) is 5.31. The lowest BCUT2D eigenvalue weighted by atomic mass is 9.98. The third-order valence-electron chi connectivity index (χ3n) is 3.42. The molecule has 3 atom stereocenters. The van der Waals surface area contributed by atoms with Crippen LogP contribution >= 0.6 is 11.6 Å². The van der Waals surface area contributed by atoms with Crippen molar-refractivity contribution in [2.45, 2.75) is 25.9 Å². The molecule has 1 amide bonds. The van der Waals surface area contributed by atoms with Gasteiger partial charge in [-0.05, 0) is 31.7 Å². The summed E-state index contributed by atoms with van der Waals surface area (Å²) in [5, 5.41) is 3.36. The Morgan fingerprint density at radius 1 is 1.45 bits per heavy atom. The van der Waals surface area contributed by atoms with Gasteiger partial charge in [0.25, 0.3) is 0 Å². The number of amides is 1. The Labute approximate surface area is 126 Å². The summed E-state index contributed by atoms with van der Waals surface area (Å²) in [6.07, 6.45) is 0. The lowest BCUT2D eigenvalue weighted by Gasteiger charge is -2.33. The highest BCUT2D eigenvalue weighted by Crippen LogP contribution is 2.25. The van der Waals surface area contributed by atoms with Crippen LogP contribution in [0.3, 0.4) is 0 Å². The molecule has 0 saturated heterocycles. The first-order valence-electron chi connectivity index (χ1n) is 6.79. The average Bonchev–Trinajstić information content (AvgIpc) is 2.37. The van der Waals surface area contributed by atoms with Crippen molar-refractivity contribution >= 4 is 17.5 Å². The molecule has 1 aromatic carbocycles. The van der Waals surface area contributed by atoms with Crippen molar-refractivity contribution in [2.75, 3.05) is 20.6 Å². The maximum atomic E-state index is 11.6. The lowest BCUT2D eigenvalue weighted by molar-refractivity contribution is -0.124. The number of likely N-dealkylation sites (N-methyl/N-ethyl adjacent to an activating group) is 1. The fraction of sp³-hybridized carbons (Fsp3) is 0.533. The molecule has 0 aliphatic carbocycles. The summed E-state index contributed by atoms with van der Waals surface area (Å²) in [6, 6.07) is 7.67. The number of halogens is 1. The standard InChI is InChI=1S/C15H24ClN3O/c1-10(15(20)18-3)9-19(4)14(11(2)17)12-6-5-7-13(16)8-12/h5-8,10-11,14H,9,17H2,1-4H3,(H,18,20). The Morgan fingerprint density at radius 2 is 2.10 bits per heavy atom. The monoisotopic (exact) mass is 297 g/mol. The molecule has 4 nitrogen and oxygen atoms in total. The Hall–Kier alpha value is -1.10. The van der Waals surface area contributed by atoms with Crippen molar-refractivity contribution in [3.05, 3.63) is 34.9 Å². The van der Waals surface area contributed by atoms with E-state index in [9.17, 15) is 4.79 Å². The third-order valence-corrected chi connectivity index (χ3v) is 3.65. The van der Waals surface area contributed by atoms with Crippen LogP contribution in [0.15, 0.2) is 24.3 Å². The van der Waals surface area contributed by atoms with E-state index in [0.717, 1.165) is 5.56 Å². The minimum absolute atomic E-state index is 0.0285. The molecule has 1 rings (SSSR count). The zero-order valence-corrected chi connectivity index (χ0v) is 13.3. The molecule has 0 spiro atoms. The van der Waals surface area contributed by atoms with Crippen molar-refractivity contribution in [3.63, 3.8) is 0 Å². The molecule has 3 N–H and O–H groups in total. The summed E-state index contributed by atoms with van der Waals surface area (Å²) >= 11 is 6.05. The molecule has 3 unspecified atom stereocenters. The molecule has 0 aliphatic heterocycles. The predicted molar refractivity (Wildman–Crippen MR) is 83.7 cm³/mol. The van der Waals surface area contributed by atoms with Crippen LogP contribution in [0.5, 0.6) is 0 Å². The van der Waals surface area contributed by atoms with Crippen LogP contribution in [0, 0.1) is 5.92 Å². The number of hydrogen-bond acceptors (Lipinski definition) is 3. The van der Waals surface area contributed by atoms with Crippen molar-refractivity contribution in [1.29, 1.82) is 0 Å². The summed E-state index contributed by atoms with van der Waals surface area (Å²) in [5.41, 5.74) is 7.19. The van der Waals surface area contributed by atoms with Crippen molar-refractivity contribution in [1.82, 2.24) is 10.2 Å². The number of rotatable bonds is 6. The second-order valence-corrected chi connectivity index (χ2v) is 5.75. The number of benzene rings is 1. The Kier molecular flexibility index (Phi) is 6.46. The minimum atomic E-state index is -0.0922. The topological polar surface area (TPSA) is 58.4 Å². The number of nitrogens with two attached hydrogens (primary N) is 1. The van der Waals surface area contributed by atoms with Gasteiger partial charge in [-0.1, -0.05) is 30.7 Å². The SMILES string of the molecule is CNC(=O)C(C)CN(C)C(c1cccc(Cl)c1)C(C)N. The van der Waals surface area contributed by atoms with E-state index in [4.69, 9.17) is 17.3 Å². The summed E-state index contributed by atoms with van der Waals surface area (Å²) in [7, 11) is 3.63. The molecule has 0 fully saturated rings. The normalized spacial score (nSPS) is 15.8. The third kappa shape index (κ3) is 4.47. The predicted octanol–water partition coefficient (Wildman–Crippen LogP) is 2.04. The molecule has 0 bridgehead atoms. The van der Waals surface area contributed by atoms with Gasteiger partial charge >= 0.3 is 0 Å². The largest absolute Gasteiger partial charge is 0.359 e. The number of hydrogen-bond donors (Lipinski definition) is 2. The van der Waals surface area contributed by atoms with Crippen LogP contribution in [0.25, 0.3) is 0 Å². The number of nitrogens with zero attached hydrogens (tertiary/aromatic N) is 1. The lowest BCUT2D eigenvalue weighted by Crippen LogP contribution is -2.41. The van der Waals surface area contributed by atoms with Gasteiger partial charge in [-0.15, -0.1) is 0 Å². The molecule has 0 saturated carbocycles. The molecule has 0 aliphatic rings. The quantitative estimate of drug-likeness (QED) is 0.845. The van der Waals surface area contributed by atoms with E-state index in [2.05, 4.69) is 10.2 Å². The molecule has 20 heavy (non-hydrogen) atoms. The number of carbonyl (C=O) groups is 1. The first-order valence-corrected chi connectivity index (χ1v) is 7.17. The van der Waals surface area contributed by atoms with Crippen molar-refractivity contribution in [2.24, 2.45) is 11.7 Å². The number of nitrogens with one attached hydrogen (secondary N) is 1. The van der Waals surface area contributed by atoms with E-state index >= 15 is 0 Å². The minimum Gasteiger partial charge on any atom is -0.359 e. The summed E-state index contributed by atoms with van der Waals surface area (Å²) in [5.74, 6) is -0.0585. The van der Waals surface area contributed by atoms with E-state index in [0.29, 0.717) is 11.6 Å². The van der Waals surface area contributed by atoms with Gasteiger partial charge in [0, 0.05) is 36.6 Å². The summed E-state index contributed by atoms with van der Waals surface area (Å²) in [6.45, 7) is 4.51. The average molecular weight is 298 g/mol. The van der Waals surface area contributed by atoms with Crippen LogP contribution in [0.4, 0.5) is 0 Å². The van der Waals surface area contributed by atoms with Gasteiger partial charge in [-0.3, -0.25) is 9.69 Å². The molecule has 5 heteroatoms. The van der Waals surface area contributed by atoms with Crippen LogP contribution in [0.1, 0.15) is 25.5 Å². The Bertz CT molecular complexity index is 450. The molecule has 112 valence electrons. The smallest absolute Gasteiger partial charge is 0.223 e. The summed E-state index contributed by atoms with van der Waals surface area (Å²) in [4.78, 5) is 13.7. The van der Waals surface area contributed by atoms with Gasteiger partial charge in [0.1, 0.15) is 0 Å². The van der Waals surface area contributed by atoms with Crippen LogP contribution in [-0.4, -0.2) is 37.5 Å². The highest BCUT2D eigenvalue weighted by Gasteiger charge is 2.24. The number of carbonyl (C=O) groups excluding carboxylic acids is 1. The van der Waals surface area contributed by atoms with Gasteiger partial charge in [-0.25, -0.2) is 0 Å². The maximum absolute atomic E-state index is 11.6. The highest BCUT2D eigenvalue weighted by molar-refractivity contribution is 6.30.